The van der Waals surface area contributed by atoms with E-state index in [4.69, 9.17) is 14.2 Å². The van der Waals surface area contributed by atoms with Crippen molar-refractivity contribution >= 4 is 11.9 Å². The Labute approximate surface area is 471 Å². The summed E-state index contributed by atoms with van der Waals surface area (Å²) < 4.78 is 17.6. The van der Waals surface area contributed by atoms with Crippen LogP contribution in [0.5, 0.6) is 0 Å². The number of unbranched alkanes of at least 4 members (excludes halogenated alkanes) is 29. The van der Waals surface area contributed by atoms with Gasteiger partial charge < -0.3 is 45.1 Å². The molecule has 0 spiro atoms. The monoisotopic (exact) mass is 1080 g/mol. The summed E-state index contributed by atoms with van der Waals surface area (Å²) in [6, 6.07) is -1.03. The van der Waals surface area contributed by atoms with Crippen LogP contribution in [0.3, 0.4) is 0 Å². The largest absolute Gasteiger partial charge is 0.454 e. The molecule has 0 aliphatic carbocycles. The summed E-state index contributed by atoms with van der Waals surface area (Å²) in [4.78, 5) is 26.5. The topological polar surface area (TPSA) is 175 Å². The molecule has 77 heavy (non-hydrogen) atoms. The van der Waals surface area contributed by atoms with Gasteiger partial charge in [0.25, 0.3) is 0 Å². The first kappa shape index (κ1) is 72.1. The zero-order valence-electron chi connectivity index (χ0n) is 49.3. The summed E-state index contributed by atoms with van der Waals surface area (Å²) >= 11 is 0. The first-order chi connectivity index (χ1) is 37.7. The van der Waals surface area contributed by atoms with Crippen molar-refractivity contribution in [3.63, 3.8) is 0 Å². The normalized spacial score (nSPS) is 19.5. The molecule has 1 saturated heterocycles. The lowest BCUT2D eigenvalue weighted by Crippen LogP contribution is -2.61. The van der Waals surface area contributed by atoms with Crippen molar-refractivity contribution in [2.45, 2.75) is 320 Å². The second-order valence-electron chi connectivity index (χ2n) is 21.8. The van der Waals surface area contributed by atoms with Crippen molar-refractivity contribution in [2.75, 3.05) is 13.2 Å². The number of carbonyl (C=O) groups is 2. The number of hydrogen-bond acceptors (Lipinski definition) is 10. The number of allylic oxidation sites excluding steroid dienone is 11. The summed E-state index contributed by atoms with van der Waals surface area (Å²) in [7, 11) is 0. The molecule has 8 unspecified atom stereocenters. The van der Waals surface area contributed by atoms with E-state index in [1.54, 1.807) is 6.08 Å². The third kappa shape index (κ3) is 41.7. The summed E-state index contributed by atoms with van der Waals surface area (Å²) in [5.41, 5.74) is 0. The molecule has 11 nitrogen and oxygen atoms in total. The fourth-order valence-electron chi connectivity index (χ4n) is 9.58. The summed E-state index contributed by atoms with van der Waals surface area (Å²) in [6.45, 7) is 5.64. The Balaban J connectivity index is 2.65. The predicted octanol–water partition coefficient (Wildman–Crippen LogP) is 15.2. The molecule has 1 amide bonds. The molecule has 0 aromatic rings. The van der Waals surface area contributed by atoms with E-state index in [9.17, 15) is 35.1 Å². The molecular weight excluding hydrogens is 967 g/mol. The summed E-state index contributed by atoms with van der Waals surface area (Å²) in [5.74, 6) is -1.22. The van der Waals surface area contributed by atoms with E-state index in [1.807, 2.05) is 6.08 Å². The number of esters is 1. The first-order valence-electron chi connectivity index (χ1n) is 31.7. The highest BCUT2D eigenvalue weighted by atomic mass is 16.7. The lowest BCUT2D eigenvalue weighted by Gasteiger charge is -2.41. The molecule has 1 heterocycles. The van der Waals surface area contributed by atoms with Crippen LogP contribution in [0.25, 0.3) is 0 Å². The second-order valence-corrected chi connectivity index (χ2v) is 21.8. The Hall–Kier alpha value is -2.90. The van der Waals surface area contributed by atoms with E-state index in [0.717, 1.165) is 89.9 Å². The Kier molecular flexibility index (Phi) is 50.3. The first-order valence-corrected chi connectivity index (χ1v) is 31.7. The fourth-order valence-corrected chi connectivity index (χ4v) is 9.58. The Morgan fingerprint density at radius 2 is 0.935 bits per heavy atom. The summed E-state index contributed by atoms with van der Waals surface area (Å²) in [5, 5.41) is 57.0. The minimum absolute atomic E-state index is 0.0959. The highest BCUT2D eigenvalue weighted by molar-refractivity contribution is 5.80. The maximum Gasteiger partial charge on any atom is 0.306 e. The number of rotatable bonds is 53. The Morgan fingerprint density at radius 3 is 1.43 bits per heavy atom. The van der Waals surface area contributed by atoms with Crippen molar-refractivity contribution in [3.05, 3.63) is 72.9 Å². The molecule has 1 rings (SSSR count). The molecule has 1 fully saturated rings. The van der Waals surface area contributed by atoms with Crippen LogP contribution in [0.4, 0.5) is 0 Å². The minimum atomic E-state index is -1.62. The van der Waals surface area contributed by atoms with Crippen molar-refractivity contribution < 1.29 is 49.3 Å². The van der Waals surface area contributed by atoms with Gasteiger partial charge in [-0.1, -0.05) is 248 Å². The van der Waals surface area contributed by atoms with Gasteiger partial charge in [-0.3, -0.25) is 9.59 Å². The summed E-state index contributed by atoms with van der Waals surface area (Å²) in [6.07, 6.45) is 58.0. The van der Waals surface area contributed by atoms with Crippen LogP contribution in [0.1, 0.15) is 271 Å². The van der Waals surface area contributed by atoms with Crippen LogP contribution < -0.4 is 5.32 Å². The van der Waals surface area contributed by atoms with E-state index < -0.39 is 67.4 Å². The lowest BCUT2D eigenvalue weighted by atomic mass is 9.99. The van der Waals surface area contributed by atoms with E-state index in [-0.39, 0.29) is 19.4 Å². The van der Waals surface area contributed by atoms with Crippen molar-refractivity contribution in [2.24, 2.45) is 0 Å². The minimum Gasteiger partial charge on any atom is -0.454 e. The Bertz CT molecular complexity index is 1530. The Morgan fingerprint density at radius 1 is 0.519 bits per heavy atom. The number of ether oxygens (including phenoxy) is 3. The molecular formula is C66H117NO10. The van der Waals surface area contributed by atoms with Gasteiger partial charge in [0.15, 0.2) is 12.4 Å². The van der Waals surface area contributed by atoms with Gasteiger partial charge in [-0.25, -0.2) is 0 Å². The van der Waals surface area contributed by atoms with Crippen LogP contribution >= 0.6 is 0 Å². The highest BCUT2D eigenvalue weighted by Gasteiger charge is 2.47. The maximum absolute atomic E-state index is 13.4. The lowest BCUT2D eigenvalue weighted by molar-refractivity contribution is -0.305. The van der Waals surface area contributed by atoms with Gasteiger partial charge in [-0.05, 0) is 89.9 Å². The van der Waals surface area contributed by atoms with Crippen molar-refractivity contribution in [3.8, 4) is 0 Å². The standard InChI is InChI=1S/C66H117NO10/c1-4-7-10-13-16-19-22-25-27-28-29-30-31-32-33-34-35-38-41-44-47-50-53-59(70)65(74)67-57(58(69)52-49-46-43-40-37-24-21-18-15-12-9-6-3)56-75-66-64(63(73)62(72)60(55-68)76-66)77-61(71)54-51-48-45-42-39-36-26-23-20-17-14-11-8-5-2/h8,11,16-17,19-20,25-27,36,49,52,57-60,62-64,66,68-70,72-73H,4-7,9-10,12-15,18,21-24,28-35,37-48,50-51,53-56H2,1-3H3,(H,67,74)/b11-8+,19-16-,20-17+,27-25-,36-26+,52-49+. The molecule has 6 N–H and O–H groups in total. The average Bonchev–Trinajstić information content (AvgIpc) is 3.43. The van der Waals surface area contributed by atoms with Gasteiger partial charge in [0, 0.05) is 6.42 Å². The van der Waals surface area contributed by atoms with E-state index in [1.165, 1.54) is 135 Å². The van der Waals surface area contributed by atoms with Crippen molar-refractivity contribution in [1.82, 2.24) is 5.32 Å². The molecule has 0 radical (unpaired) electrons. The van der Waals surface area contributed by atoms with Gasteiger partial charge in [0.2, 0.25) is 5.91 Å². The van der Waals surface area contributed by atoms with Gasteiger partial charge in [-0.2, -0.15) is 0 Å². The van der Waals surface area contributed by atoms with Gasteiger partial charge in [0.1, 0.15) is 24.4 Å². The number of hydrogen-bond donors (Lipinski definition) is 6. The molecule has 0 aromatic carbocycles. The van der Waals surface area contributed by atoms with E-state index in [0.29, 0.717) is 12.8 Å². The molecule has 8 atom stereocenters. The number of nitrogens with one attached hydrogen (secondary N) is 1. The third-order valence-corrected chi connectivity index (χ3v) is 14.6. The van der Waals surface area contributed by atoms with E-state index in [2.05, 4.69) is 86.8 Å². The SMILES string of the molecule is CC/C=C/C/C=C/C/C=C/CCCCCCC(=O)OC1C(OCC(NC(=O)C(O)CCCCCCCCCCCCCC/C=C\C/C=C\CCCCC)C(O)/C=C/CCCCCCCCCCCC)OC(CO)C(O)C1O. The molecule has 0 bridgehead atoms. The third-order valence-electron chi connectivity index (χ3n) is 14.6. The van der Waals surface area contributed by atoms with Crippen LogP contribution in [0.2, 0.25) is 0 Å². The number of amides is 1. The van der Waals surface area contributed by atoms with Crippen LogP contribution in [0, 0.1) is 0 Å². The number of aliphatic hydroxyl groups excluding tert-OH is 5. The zero-order valence-corrected chi connectivity index (χ0v) is 49.3. The smallest absolute Gasteiger partial charge is 0.306 e. The van der Waals surface area contributed by atoms with Crippen molar-refractivity contribution in [1.29, 1.82) is 0 Å². The van der Waals surface area contributed by atoms with Gasteiger partial charge in [-0.15, -0.1) is 0 Å². The number of aliphatic hydroxyl groups is 5. The second kappa shape index (κ2) is 53.7. The zero-order chi connectivity index (χ0) is 56.1. The quantitative estimate of drug-likeness (QED) is 0.0195. The maximum atomic E-state index is 13.4. The van der Waals surface area contributed by atoms with E-state index >= 15 is 0 Å². The molecule has 1 aliphatic rings. The molecule has 446 valence electrons. The van der Waals surface area contributed by atoms with Crippen LogP contribution in [0.15, 0.2) is 72.9 Å². The highest BCUT2D eigenvalue weighted by Crippen LogP contribution is 2.26. The van der Waals surface area contributed by atoms with Crippen LogP contribution in [-0.2, 0) is 23.8 Å². The van der Waals surface area contributed by atoms with Gasteiger partial charge in [0.05, 0.1) is 25.4 Å². The predicted molar refractivity (Wildman–Crippen MR) is 319 cm³/mol. The van der Waals surface area contributed by atoms with Crippen LogP contribution in [-0.4, -0.2) is 99.6 Å². The average molecular weight is 1080 g/mol. The molecule has 0 aromatic heterocycles. The molecule has 11 heteroatoms. The van der Waals surface area contributed by atoms with Gasteiger partial charge >= 0.3 is 5.97 Å². The fraction of sp³-hybridized carbons (Fsp3) is 0.788. The number of carbonyl (C=O) groups excluding carboxylic acids is 2. The molecule has 0 saturated carbocycles. The molecule has 1 aliphatic heterocycles.